The van der Waals surface area contributed by atoms with Crippen molar-refractivity contribution >= 4 is 22.9 Å². The minimum Gasteiger partial charge on any atom is -0.493 e. The molecule has 0 bridgehead atoms. The number of fused-ring (bicyclic) bond motifs is 1. The Morgan fingerprint density at radius 3 is 2.39 bits per heavy atom. The second kappa shape index (κ2) is 11.6. The van der Waals surface area contributed by atoms with E-state index in [4.69, 9.17) is 14.2 Å². The summed E-state index contributed by atoms with van der Waals surface area (Å²) in [4.78, 5) is 12.1. The molecule has 6 heteroatoms. The van der Waals surface area contributed by atoms with E-state index in [2.05, 4.69) is 17.5 Å². The van der Waals surface area contributed by atoms with Crippen molar-refractivity contribution in [3.05, 3.63) is 66.2 Å². The van der Waals surface area contributed by atoms with E-state index in [0.29, 0.717) is 24.7 Å². The van der Waals surface area contributed by atoms with Gasteiger partial charge in [0, 0.05) is 11.6 Å². The Morgan fingerprint density at radius 2 is 1.58 bits per heavy atom. The van der Waals surface area contributed by atoms with Crippen LogP contribution in [0.25, 0.3) is 10.8 Å². The molecule has 0 saturated carbocycles. The van der Waals surface area contributed by atoms with Crippen molar-refractivity contribution in [2.45, 2.75) is 26.7 Å². The van der Waals surface area contributed by atoms with Crippen molar-refractivity contribution in [3.63, 3.8) is 0 Å². The highest BCUT2D eigenvalue weighted by Crippen LogP contribution is 2.24. The Labute approximate surface area is 182 Å². The van der Waals surface area contributed by atoms with Crippen molar-refractivity contribution in [1.82, 2.24) is 5.43 Å². The molecule has 0 aliphatic rings. The van der Waals surface area contributed by atoms with E-state index in [0.717, 1.165) is 34.9 Å². The van der Waals surface area contributed by atoms with Gasteiger partial charge in [-0.2, -0.15) is 5.10 Å². The van der Waals surface area contributed by atoms with E-state index in [1.165, 1.54) is 0 Å². The zero-order valence-corrected chi connectivity index (χ0v) is 18.0. The second-order valence-electron chi connectivity index (χ2n) is 6.99. The number of benzene rings is 3. The van der Waals surface area contributed by atoms with Gasteiger partial charge >= 0.3 is 0 Å². The molecule has 1 N–H and O–H groups in total. The summed E-state index contributed by atoms with van der Waals surface area (Å²) in [7, 11) is 0. The molecule has 3 rings (SSSR count). The average Bonchev–Trinajstić information content (AvgIpc) is 2.80. The van der Waals surface area contributed by atoms with Crippen molar-refractivity contribution in [3.8, 4) is 17.2 Å². The number of nitrogens with one attached hydrogen (secondary N) is 1. The van der Waals surface area contributed by atoms with Crippen molar-refractivity contribution < 1.29 is 19.0 Å². The number of carbonyl (C=O) groups excluding carboxylic acids is 1. The monoisotopic (exact) mass is 420 g/mol. The van der Waals surface area contributed by atoms with Gasteiger partial charge in [-0.05, 0) is 47.9 Å². The van der Waals surface area contributed by atoms with Crippen LogP contribution >= 0.6 is 0 Å². The van der Waals surface area contributed by atoms with Crippen LogP contribution < -0.4 is 19.6 Å². The van der Waals surface area contributed by atoms with Crippen LogP contribution in [0.5, 0.6) is 17.2 Å². The zero-order valence-electron chi connectivity index (χ0n) is 18.0. The molecule has 3 aromatic carbocycles. The molecule has 0 fully saturated rings. The van der Waals surface area contributed by atoms with Crippen LogP contribution in [0.1, 0.15) is 32.3 Å². The fourth-order valence-corrected chi connectivity index (χ4v) is 2.88. The van der Waals surface area contributed by atoms with Gasteiger partial charge in [-0.1, -0.05) is 44.2 Å². The third-order valence-electron chi connectivity index (χ3n) is 4.40. The lowest BCUT2D eigenvalue weighted by molar-refractivity contribution is -0.123. The van der Waals surface area contributed by atoms with Gasteiger partial charge in [-0.3, -0.25) is 4.79 Å². The van der Waals surface area contributed by atoms with Crippen LogP contribution in [0.4, 0.5) is 0 Å². The smallest absolute Gasteiger partial charge is 0.277 e. The maximum absolute atomic E-state index is 12.1. The molecule has 0 aliphatic heterocycles. The van der Waals surface area contributed by atoms with Gasteiger partial charge in [-0.25, -0.2) is 5.43 Å². The zero-order chi connectivity index (χ0) is 21.9. The quantitative estimate of drug-likeness (QED) is 0.352. The van der Waals surface area contributed by atoms with Crippen LogP contribution in [0.3, 0.4) is 0 Å². The fourth-order valence-electron chi connectivity index (χ4n) is 2.88. The number of hydrazone groups is 1. The van der Waals surface area contributed by atoms with Gasteiger partial charge in [0.1, 0.15) is 17.2 Å². The molecule has 1 amide bonds. The SMILES string of the molecule is CCCOc1ccc(C=NNC(=O)COc2ccc3ccccc3c2)c(OCCC)c1. The highest BCUT2D eigenvalue weighted by Gasteiger charge is 2.06. The average molecular weight is 421 g/mol. The number of hydrogen-bond acceptors (Lipinski definition) is 5. The Kier molecular flexibility index (Phi) is 8.29. The maximum atomic E-state index is 12.1. The van der Waals surface area contributed by atoms with E-state index >= 15 is 0 Å². The predicted octanol–water partition coefficient (Wildman–Crippen LogP) is 4.95. The van der Waals surface area contributed by atoms with Crippen molar-refractivity contribution in [2.24, 2.45) is 5.10 Å². The molecule has 0 unspecified atom stereocenters. The molecule has 0 aromatic heterocycles. The molecular weight excluding hydrogens is 392 g/mol. The Hall–Kier alpha value is -3.54. The van der Waals surface area contributed by atoms with Gasteiger partial charge in [0.05, 0.1) is 19.4 Å². The molecule has 0 radical (unpaired) electrons. The topological polar surface area (TPSA) is 69.2 Å². The molecule has 162 valence electrons. The van der Waals surface area contributed by atoms with Crippen LogP contribution in [0.2, 0.25) is 0 Å². The van der Waals surface area contributed by atoms with Gasteiger partial charge in [-0.15, -0.1) is 0 Å². The van der Waals surface area contributed by atoms with E-state index in [1.807, 2.05) is 67.6 Å². The summed E-state index contributed by atoms with van der Waals surface area (Å²) < 4.78 is 17.0. The maximum Gasteiger partial charge on any atom is 0.277 e. The molecule has 0 saturated heterocycles. The number of ether oxygens (including phenoxy) is 3. The molecule has 0 spiro atoms. The standard InChI is InChI=1S/C25H28N2O4/c1-3-13-29-23-12-10-21(24(16-23)30-14-4-2)17-26-27-25(28)18-31-22-11-9-19-7-5-6-8-20(19)15-22/h5-12,15-17H,3-4,13-14,18H2,1-2H3,(H,27,28). The Morgan fingerprint density at radius 1 is 0.871 bits per heavy atom. The largest absolute Gasteiger partial charge is 0.493 e. The first-order chi connectivity index (χ1) is 15.2. The Balaban J connectivity index is 1.56. The normalized spacial score (nSPS) is 10.9. The molecule has 0 atom stereocenters. The van der Waals surface area contributed by atoms with Crippen molar-refractivity contribution in [1.29, 1.82) is 0 Å². The highest BCUT2D eigenvalue weighted by molar-refractivity contribution is 5.86. The van der Waals surface area contributed by atoms with E-state index in [-0.39, 0.29) is 12.5 Å². The van der Waals surface area contributed by atoms with E-state index in [9.17, 15) is 4.79 Å². The predicted molar refractivity (Wildman–Crippen MR) is 123 cm³/mol. The number of rotatable bonds is 11. The lowest BCUT2D eigenvalue weighted by Crippen LogP contribution is -2.24. The number of carbonyl (C=O) groups is 1. The third-order valence-corrected chi connectivity index (χ3v) is 4.40. The van der Waals surface area contributed by atoms with Crippen LogP contribution in [0.15, 0.2) is 65.8 Å². The first-order valence-corrected chi connectivity index (χ1v) is 10.5. The van der Waals surface area contributed by atoms with Crippen LogP contribution in [0, 0.1) is 0 Å². The lowest BCUT2D eigenvalue weighted by Gasteiger charge is -2.11. The summed E-state index contributed by atoms with van der Waals surface area (Å²) in [6.07, 6.45) is 3.38. The molecule has 0 heterocycles. The van der Waals surface area contributed by atoms with Crippen molar-refractivity contribution in [2.75, 3.05) is 19.8 Å². The number of hydrogen-bond donors (Lipinski definition) is 1. The van der Waals surface area contributed by atoms with E-state index < -0.39 is 0 Å². The summed E-state index contributed by atoms with van der Waals surface area (Å²) >= 11 is 0. The summed E-state index contributed by atoms with van der Waals surface area (Å²) in [5.41, 5.74) is 3.25. The lowest BCUT2D eigenvalue weighted by atomic mass is 10.1. The summed E-state index contributed by atoms with van der Waals surface area (Å²) in [6.45, 7) is 5.21. The Bertz CT molecular complexity index is 1030. The fraction of sp³-hybridized carbons (Fsp3) is 0.280. The minimum absolute atomic E-state index is 0.126. The summed E-state index contributed by atoms with van der Waals surface area (Å²) in [5, 5.41) is 6.22. The molecular formula is C25H28N2O4. The molecule has 6 nitrogen and oxygen atoms in total. The molecule has 0 aliphatic carbocycles. The highest BCUT2D eigenvalue weighted by atomic mass is 16.5. The molecule has 31 heavy (non-hydrogen) atoms. The van der Waals surface area contributed by atoms with Crippen LogP contribution in [-0.4, -0.2) is 31.9 Å². The van der Waals surface area contributed by atoms with Gasteiger partial charge in [0.25, 0.3) is 5.91 Å². The summed E-state index contributed by atoms with van der Waals surface area (Å²) in [5.74, 6) is 1.71. The van der Waals surface area contributed by atoms with Gasteiger partial charge in [0.15, 0.2) is 6.61 Å². The van der Waals surface area contributed by atoms with Crippen LogP contribution in [-0.2, 0) is 4.79 Å². The van der Waals surface area contributed by atoms with E-state index in [1.54, 1.807) is 6.21 Å². The first-order valence-electron chi connectivity index (χ1n) is 10.5. The first kappa shape index (κ1) is 22.2. The van der Waals surface area contributed by atoms with Gasteiger partial charge in [0.2, 0.25) is 0 Å². The number of nitrogens with zero attached hydrogens (tertiary/aromatic N) is 1. The molecule has 3 aromatic rings. The second-order valence-corrected chi connectivity index (χ2v) is 6.99. The minimum atomic E-state index is -0.344. The summed E-state index contributed by atoms with van der Waals surface area (Å²) in [6, 6.07) is 19.3. The number of amides is 1. The third kappa shape index (κ3) is 6.74. The van der Waals surface area contributed by atoms with Gasteiger partial charge < -0.3 is 14.2 Å².